The van der Waals surface area contributed by atoms with E-state index in [0.29, 0.717) is 13.2 Å². The van der Waals surface area contributed by atoms with E-state index in [1.54, 1.807) is 0 Å². The van der Waals surface area contributed by atoms with E-state index in [1.807, 2.05) is 48.0 Å². The van der Waals surface area contributed by atoms with Crippen molar-refractivity contribution in [1.29, 1.82) is 0 Å². The van der Waals surface area contributed by atoms with E-state index >= 15 is 0 Å². The van der Waals surface area contributed by atoms with Gasteiger partial charge in [-0.05, 0) is 25.3 Å². The molecule has 2 heterocycles. The number of nitrogens with zero attached hydrogens (tertiary/aromatic N) is 2. The number of ether oxygens (including phenoxy) is 1. The fourth-order valence-corrected chi connectivity index (χ4v) is 2.51. The Balaban J connectivity index is 1.74. The third-order valence-electron chi connectivity index (χ3n) is 3.55. The van der Waals surface area contributed by atoms with Crippen LogP contribution >= 0.6 is 0 Å². The molecule has 1 aromatic carbocycles. The minimum atomic E-state index is -0.328. The number of carbonyl (C=O) groups is 1. The molecule has 1 atom stereocenters. The molecular weight excluding hydrogens is 266 g/mol. The summed E-state index contributed by atoms with van der Waals surface area (Å²) in [7, 11) is 0. The van der Waals surface area contributed by atoms with E-state index in [-0.39, 0.29) is 12.0 Å². The van der Waals surface area contributed by atoms with Crippen molar-refractivity contribution in [3.05, 3.63) is 47.7 Å². The smallest absolute Gasteiger partial charge is 0.254 e. The SMILES string of the molecule is Cc1cc(NC(=O)C2CCCO2)n(Cc2ccccc2)n1. The summed E-state index contributed by atoms with van der Waals surface area (Å²) >= 11 is 0. The number of hydrogen-bond donors (Lipinski definition) is 1. The molecule has 1 aliphatic rings. The topological polar surface area (TPSA) is 56.1 Å². The maximum atomic E-state index is 12.2. The monoisotopic (exact) mass is 285 g/mol. The number of aryl methyl sites for hydroxylation is 1. The van der Waals surface area contributed by atoms with Crippen LogP contribution in [0.2, 0.25) is 0 Å². The first-order valence-corrected chi connectivity index (χ1v) is 7.23. The van der Waals surface area contributed by atoms with Gasteiger partial charge in [0.15, 0.2) is 0 Å². The van der Waals surface area contributed by atoms with Crippen LogP contribution in [0.25, 0.3) is 0 Å². The maximum Gasteiger partial charge on any atom is 0.254 e. The van der Waals surface area contributed by atoms with Crippen LogP contribution in [0.5, 0.6) is 0 Å². The lowest BCUT2D eigenvalue weighted by Crippen LogP contribution is -2.28. The molecule has 0 spiro atoms. The molecule has 1 aromatic heterocycles. The molecule has 0 aliphatic carbocycles. The molecule has 1 fully saturated rings. The van der Waals surface area contributed by atoms with Gasteiger partial charge < -0.3 is 10.1 Å². The van der Waals surface area contributed by atoms with Gasteiger partial charge in [-0.2, -0.15) is 5.10 Å². The van der Waals surface area contributed by atoms with E-state index in [9.17, 15) is 4.79 Å². The number of amides is 1. The van der Waals surface area contributed by atoms with Gasteiger partial charge >= 0.3 is 0 Å². The van der Waals surface area contributed by atoms with Gasteiger partial charge in [0.1, 0.15) is 11.9 Å². The van der Waals surface area contributed by atoms with Crippen molar-refractivity contribution in [1.82, 2.24) is 9.78 Å². The van der Waals surface area contributed by atoms with Crippen molar-refractivity contribution >= 4 is 11.7 Å². The Morgan fingerprint density at radius 1 is 1.43 bits per heavy atom. The zero-order valence-corrected chi connectivity index (χ0v) is 12.1. The Morgan fingerprint density at radius 3 is 2.95 bits per heavy atom. The van der Waals surface area contributed by atoms with Crippen LogP contribution in [0.4, 0.5) is 5.82 Å². The summed E-state index contributed by atoms with van der Waals surface area (Å²) < 4.78 is 7.23. The average molecular weight is 285 g/mol. The molecule has 0 bridgehead atoms. The van der Waals surface area contributed by atoms with E-state index in [1.165, 1.54) is 0 Å². The Labute approximate surface area is 123 Å². The van der Waals surface area contributed by atoms with Crippen molar-refractivity contribution < 1.29 is 9.53 Å². The van der Waals surface area contributed by atoms with Crippen molar-refractivity contribution in [3.8, 4) is 0 Å². The molecule has 1 aliphatic heterocycles. The van der Waals surface area contributed by atoms with Crippen LogP contribution in [0.1, 0.15) is 24.1 Å². The van der Waals surface area contributed by atoms with Gasteiger partial charge in [0, 0.05) is 12.7 Å². The molecule has 5 heteroatoms. The zero-order chi connectivity index (χ0) is 14.7. The minimum Gasteiger partial charge on any atom is -0.368 e. The number of carbonyl (C=O) groups excluding carboxylic acids is 1. The van der Waals surface area contributed by atoms with Crippen molar-refractivity contribution in [3.63, 3.8) is 0 Å². The Hall–Kier alpha value is -2.14. The highest BCUT2D eigenvalue weighted by molar-refractivity contribution is 5.93. The summed E-state index contributed by atoms with van der Waals surface area (Å²) in [6, 6.07) is 12.0. The third-order valence-corrected chi connectivity index (χ3v) is 3.55. The molecule has 3 rings (SSSR count). The predicted octanol–water partition coefficient (Wildman–Crippen LogP) is 2.36. The van der Waals surface area contributed by atoms with Crippen LogP contribution in [0.3, 0.4) is 0 Å². The molecule has 0 radical (unpaired) electrons. The number of nitrogens with one attached hydrogen (secondary N) is 1. The van der Waals surface area contributed by atoms with Crippen LogP contribution in [0.15, 0.2) is 36.4 Å². The number of aromatic nitrogens is 2. The van der Waals surface area contributed by atoms with Gasteiger partial charge in [-0.15, -0.1) is 0 Å². The lowest BCUT2D eigenvalue weighted by atomic mass is 10.2. The minimum absolute atomic E-state index is 0.0817. The first-order chi connectivity index (χ1) is 10.2. The highest BCUT2D eigenvalue weighted by Crippen LogP contribution is 2.17. The third kappa shape index (κ3) is 3.31. The fourth-order valence-electron chi connectivity index (χ4n) is 2.51. The molecule has 1 N–H and O–H groups in total. The van der Waals surface area contributed by atoms with E-state index in [0.717, 1.165) is 29.9 Å². The van der Waals surface area contributed by atoms with Gasteiger partial charge in [0.2, 0.25) is 0 Å². The highest BCUT2D eigenvalue weighted by Gasteiger charge is 2.24. The van der Waals surface area contributed by atoms with E-state index in [4.69, 9.17) is 4.74 Å². The Bertz CT molecular complexity index is 616. The van der Waals surface area contributed by atoms with Gasteiger partial charge in [0.05, 0.1) is 12.2 Å². The van der Waals surface area contributed by atoms with Crippen molar-refractivity contribution in [2.45, 2.75) is 32.4 Å². The average Bonchev–Trinajstić information content (AvgIpc) is 3.11. The van der Waals surface area contributed by atoms with E-state index < -0.39 is 0 Å². The van der Waals surface area contributed by atoms with Crippen LogP contribution in [0, 0.1) is 6.92 Å². The molecule has 1 saturated heterocycles. The quantitative estimate of drug-likeness (QED) is 0.938. The van der Waals surface area contributed by atoms with Gasteiger partial charge in [-0.25, -0.2) is 4.68 Å². The molecule has 21 heavy (non-hydrogen) atoms. The van der Waals surface area contributed by atoms with Crippen molar-refractivity contribution in [2.75, 3.05) is 11.9 Å². The fraction of sp³-hybridized carbons (Fsp3) is 0.375. The molecule has 110 valence electrons. The lowest BCUT2D eigenvalue weighted by molar-refractivity contribution is -0.124. The first kappa shape index (κ1) is 13.8. The van der Waals surface area contributed by atoms with Crippen LogP contribution in [-0.4, -0.2) is 28.4 Å². The van der Waals surface area contributed by atoms with Crippen LogP contribution < -0.4 is 5.32 Å². The van der Waals surface area contributed by atoms with Crippen molar-refractivity contribution in [2.24, 2.45) is 0 Å². The number of anilines is 1. The molecule has 5 nitrogen and oxygen atoms in total. The number of rotatable bonds is 4. The normalized spacial score (nSPS) is 17.9. The van der Waals surface area contributed by atoms with Gasteiger partial charge in [0.25, 0.3) is 5.91 Å². The predicted molar refractivity (Wildman–Crippen MR) is 80.1 cm³/mol. The molecule has 1 unspecified atom stereocenters. The second-order valence-electron chi connectivity index (χ2n) is 5.31. The summed E-state index contributed by atoms with van der Waals surface area (Å²) in [5, 5.41) is 7.38. The first-order valence-electron chi connectivity index (χ1n) is 7.23. The zero-order valence-electron chi connectivity index (χ0n) is 12.1. The Morgan fingerprint density at radius 2 is 2.24 bits per heavy atom. The van der Waals surface area contributed by atoms with Gasteiger partial charge in [-0.3, -0.25) is 4.79 Å². The molecular formula is C16H19N3O2. The summed E-state index contributed by atoms with van der Waals surface area (Å²) in [5.74, 6) is 0.638. The molecule has 2 aromatic rings. The highest BCUT2D eigenvalue weighted by atomic mass is 16.5. The largest absolute Gasteiger partial charge is 0.368 e. The maximum absolute atomic E-state index is 12.2. The summed E-state index contributed by atoms with van der Waals surface area (Å²) in [5.41, 5.74) is 2.03. The Kier molecular flexibility index (Phi) is 4.01. The molecule has 1 amide bonds. The lowest BCUT2D eigenvalue weighted by Gasteiger charge is -2.12. The second-order valence-corrected chi connectivity index (χ2v) is 5.31. The standard InChI is InChI=1S/C16H19N3O2/c1-12-10-15(17-16(20)14-8-5-9-21-14)19(18-12)11-13-6-3-2-4-7-13/h2-4,6-7,10,14H,5,8-9,11H2,1H3,(H,17,20). The summed E-state index contributed by atoms with van der Waals surface area (Å²) in [6.07, 6.45) is 1.41. The van der Waals surface area contributed by atoms with Gasteiger partial charge in [-0.1, -0.05) is 30.3 Å². The van der Waals surface area contributed by atoms with E-state index in [2.05, 4.69) is 10.4 Å². The summed E-state index contributed by atoms with van der Waals surface area (Å²) in [6.45, 7) is 3.22. The summed E-state index contributed by atoms with van der Waals surface area (Å²) in [4.78, 5) is 12.2. The van der Waals surface area contributed by atoms with Crippen LogP contribution in [-0.2, 0) is 16.1 Å². The number of hydrogen-bond acceptors (Lipinski definition) is 3. The second kappa shape index (κ2) is 6.10. The molecule has 0 saturated carbocycles. The number of benzene rings is 1.